The van der Waals surface area contributed by atoms with Gasteiger partial charge in [-0.25, -0.2) is 13.4 Å². The second-order valence-corrected chi connectivity index (χ2v) is 12.6. The minimum absolute atomic E-state index is 0.0764. The Labute approximate surface area is 217 Å². The highest BCUT2D eigenvalue weighted by molar-refractivity contribution is 7.91. The number of amides is 1. The number of methoxy groups -OCH3 is 1. The number of hydrogen-bond donors (Lipinski definition) is 1. The van der Waals surface area contributed by atoms with Crippen molar-refractivity contribution >= 4 is 21.4 Å². The topological polar surface area (TPSA) is 90.3 Å². The van der Waals surface area contributed by atoms with Crippen LogP contribution in [0.1, 0.15) is 80.8 Å². The molecule has 11 heteroatoms. The van der Waals surface area contributed by atoms with Gasteiger partial charge >= 0.3 is 6.18 Å². The Morgan fingerprint density at radius 2 is 1.89 bits per heavy atom. The summed E-state index contributed by atoms with van der Waals surface area (Å²) in [6.07, 6.45) is 2.87. The fourth-order valence-electron chi connectivity index (χ4n) is 5.27. The number of hydrogen-bond acceptors (Lipinski definition) is 5. The molecular weight excluding hydrogens is 507 g/mol. The van der Waals surface area contributed by atoms with E-state index in [0.29, 0.717) is 67.2 Å². The number of sulfone groups is 1. The van der Waals surface area contributed by atoms with E-state index >= 15 is 0 Å². The van der Waals surface area contributed by atoms with E-state index in [0.717, 1.165) is 18.5 Å². The van der Waals surface area contributed by atoms with Gasteiger partial charge in [-0.15, -0.1) is 0 Å². The van der Waals surface area contributed by atoms with Gasteiger partial charge in [0.05, 0.1) is 29.7 Å². The monoisotopic (exact) mass is 545 g/mol. The van der Waals surface area contributed by atoms with E-state index in [1.165, 1.54) is 20.3 Å². The molecule has 0 aliphatic heterocycles. The smallest absolute Gasteiger partial charge is 0.391 e. The number of allylic oxidation sites excluding steroid dienone is 3. The van der Waals surface area contributed by atoms with Crippen LogP contribution in [0.5, 0.6) is 0 Å². The maximum Gasteiger partial charge on any atom is 0.391 e. The van der Waals surface area contributed by atoms with E-state index in [1.54, 1.807) is 6.08 Å². The Morgan fingerprint density at radius 3 is 2.43 bits per heavy atom. The quantitative estimate of drug-likeness (QED) is 0.460. The summed E-state index contributed by atoms with van der Waals surface area (Å²) in [5.74, 6) is -0.335. The molecule has 3 rings (SSSR count). The predicted octanol–water partition coefficient (Wildman–Crippen LogP) is 5.21. The first kappa shape index (κ1) is 29.3. The molecule has 7 nitrogen and oxygen atoms in total. The highest BCUT2D eigenvalue weighted by Gasteiger charge is 2.37. The lowest BCUT2D eigenvalue weighted by atomic mass is 9.89. The summed E-state index contributed by atoms with van der Waals surface area (Å²) < 4.78 is 70.2. The van der Waals surface area contributed by atoms with Gasteiger partial charge in [0.25, 0.3) is 5.91 Å². The first-order valence-electron chi connectivity index (χ1n) is 12.8. The Bertz CT molecular complexity index is 1160. The zero-order valence-electron chi connectivity index (χ0n) is 22.2. The lowest BCUT2D eigenvalue weighted by Gasteiger charge is -2.27. The fourth-order valence-corrected chi connectivity index (χ4v) is 6.40. The minimum Gasteiger partial charge on any atom is -0.495 e. The molecule has 1 unspecified atom stereocenters. The van der Waals surface area contributed by atoms with Crippen LogP contribution >= 0.6 is 0 Å². The number of halogens is 3. The summed E-state index contributed by atoms with van der Waals surface area (Å²) in [5.41, 5.74) is 2.43. The van der Waals surface area contributed by atoms with Crippen LogP contribution in [0.15, 0.2) is 17.4 Å². The van der Waals surface area contributed by atoms with E-state index in [-0.39, 0.29) is 23.5 Å². The molecule has 1 amide bonds. The van der Waals surface area contributed by atoms with Crippen LogP contribution in [0.2, 0.25) is 0 Å². The van der Waals surface area contributed by atoms with Gasteiger partial charge in [0.2, 0.25) is 0 Å². The number of alkyl halides is 3. The third kappa shape index (κ3) is 6.97. The number of ether oxygens (including phenoxy) is 1. The molecule has 1 N–H and O–H groups in total. The van der Waals surface area contributed by atoms with Crippen LogP contribution < -0.4 is 5.32 Å². The molecule has 2 aliphatic rings. The third-order valence-electron chi connectivity index (χ3n) is 7.58. The molecule has 0 saturated heterocycles. The molecule has 208 valence electrons. The first-order chi connectivity index (χ1) is 17.3. The van der Waals surface area contributed by atoms with E-state index in [1.807, 2.05) is 18.4 Å². The maximum atomic E-state index is 13.1. The molecular formula is C26H38F3N3O4S. The first-order valence-corrected chi connectivity index (χ1v) is 14.8. The zero-order chi connectivity index (χ0) is 27.5. The summed E-state index contributed by atoms with van der Waals surface area (Å²) in [7, 11) is -1.54. The lowest BCUT2D eigenvalue weighted by molar-refractivity contribution is -0.169. The molecule has 1 atom stereocenters. The van der Waals surface area contributed by atoms with Crippen LogP contribution in [0.4, 0.5) is 13.2 Å². The van der Waals surface area contributed by atoms with Gasteiger partial charge in [0, 0.05) is 19.2 Å². The van der Waals surface area contributed by atoms with Crippen molar-refractivity contribution in [3.8, 4) is 0 Å². The predicted molar refractivity (Wildman–Crippen MR) is 137 cm³/mol. The van der Waals surface area contributed by atoms with Crippen LogP contribution in [-0.4, -0.2) is 55.2 Å². The van der Waals surface area contributed by atoms with Crippen molar-refractivity contribution in [1.82, 2.24) is 14.9 Å². The van der Waals surface area contributed by atoms with Crippen molar-refractivity contribution in [2.45, 2.75) is 83.6 Å². The van der Waals surface area contributed by atoms with E-state index in [2.05, 4.69) is 10.3 Å². The maximum absolute atomic E-state index is 13.1. The van der Waals surface area contributed by atoms with Crippen molar-refractivity contribution < 1.29 is 31.1 Å². The summed E-state index contributed by atoms with van der Waals surface area (Å²) in [5, 5.41) is 2.67. The molecule has 0 aromatic carbocycles. The molecule has 0 spiro atoms. The summed E-state index contributed by atoms with van der Waals surface area (Å²) in [6, 6.07) is 0. The van der Waals surface area contributed by atoms with Crippen LogP contribution in [0, 0.1) is 18.8 Å². The molecule has 37 heavy (non-hydrogen) atoms. The number of aryl methyl sites for hydroxylation is 1. The largest absolute Gasteiger partial charge is 0.495 e. The fraction of sp³-hybridized carbons (Fsp3) is 0.692. The van der Waals surface area contributed by atoms with Crippen LogP contribution in [-0.2, 0) is 21.0 Å². The van der Waals surface area contributed by atoms with Gasteiger partial charge in [0.1, 0.15) is 27.1 Å². The van der Waals surface area contributed by atoms with E-state index in [9.17, 15) is 26.4 Å². The third-order valence-corrected chi connectivity index (χ3v) is 9.26. The van der Waals surface area contributed by atoms with Crippen molar-refractivity contribution in [3.63, 3.8) is 0 Å². The number of imidazole rings is 1. The van der Waals surface area contributed by atoms with Gasteiger partial charge in [-0.3, -0.25) is 4.79 Å². The molecule has 1 aromatic rings. The summed E-state index contributed by atoms with van der Waals surface area (Å²) >= 11 is 0. The SMILES string of the molecule is CCc1nc(C(=O)NC[C@H]2CC[C@H](S(C)(=O)=O)CC2)c(C)n1C1=C(OC)C=C(CC(C)C(F)(F)F)CC1. The standard InChI is InChI=1S/C26H38F3N3O4S/c1-6-23-31-24(25(33)30-15-18-7-10-20(11-8-18)37(5,34)35)17(3)32(23)21-12-9-19(14-22(21)36-4)13-16(2)26(27,28)29/h14,16,18,20H,6-13,15H2,1-5H3,(H,30,33)/t16?,18-,20-. The number of rotatable bonds is 9. The second-order valence-electron chi connectivity index (χ2n) is 10.3. The number of aromatic nitrogens is 2. The zero-order valence-corrected chi connectivity index (χ0v) is 23.1. The van der Waals surface area contributed by atoms with Crippen LogP contribution in [0.25, 0.3) is 5.70 Å². The highest BCUT2D eigenvalue weighted by Crippen LogP contribution is 2.37. The van der Waals surface area contributed by atoms with Gasteiger partial charge < -0.3 is 14.6 Å². The normalized spacial score (nSPS) is 22.0. The summed E-state index contributed by atoms with van der Waals surface area (Å²) in [6.45, 7) is 5.38. The van der Waals surface area contributed by atoms with Gasteiger partial charge in [-0.05, 0) is 63.9 Å². The molecule has 2 aliphatic carbocycles. The average molecular weight is 546 g/mol. The summed E-state index contributed by atoms with van der Waals surface area (Å²) in [4.78, 5) is 17.7. The van der Waals surface area contributed by atoms with Gasteiger partial charge in [0.15, 0.2) is 0 Å². The number of nitrogens with one attached hydrogen (secondary N) is 1. The Morgan fingerprint density at radius 1 is 1.24 bits per heavy atom. The van der Waals surface area contributed by atoms with Crippen molar-refractivity contribution in [1.29, 1.82) is 0 Å². The molecule has 0 radical (unpaired) electrons. The molecule has 0 bridgehead atoms. The Hall–Kier alpha value is -2.30. The molecule has 1 saturated carbocycles. The highest BCUT2D eigenvalue weighted by atomic mass is 32.2. The van der Waals surface area contributed by atoms with E-state index in [4.69, 9.17) is 4.74 Å². The Kier molecular flexibility index (Phi) is 9.18. The average Bonchev–Trinajstić information content (AvgIpc) is 3.17. The Balaban J connectivity index is 1.76. The molecule has 1 heterocycles. The van der Waals surface area contributed by atoms with Gasteiger partial charge in [-0.2, -0.15) is 13.2 Å². The van der Waals surface area contributed by atoms with Crippen molar-refractivity contribution in [2.75, 3.05) is 19.9 Å². The van der Waals surface area contributed by atoms with Crippen LogP contribution in [0.3, 0.4) is 0 Å². The van der Waals surface area contributed by atoms with E-state index < -0.39 is 21.9 Å². The minimum atomic E-state index is -4.25. The number of carbonyl (C=O) groups is 1. The van der Waals surface area contributed by atoms with Crippen molar-refractivity contribution in [3.05, 3.63) is 34.6 Å². The molecule has 1 fully saturated rings. The second kappa shape index (κ2) is 11.6. The van der Waals surface area contributed by atoms with Crippen molar-refractivity contribution in [2.24, 2.45) is 11.8 Å². The lowest BCUT2D eigenvalue weighted by Crippen LogP contribution is -2.34. The number of carbonyl (C=O) groups excluding carboxylic acids is 1. The molecule has 1 aromatic heterocycles. The van der Waals surface area contributed by atoms with Gasteiger partial charge in [-0.1, -0.05) is 19.4 Å². The number of nitrogens with zero attached hydrogens (tertiary/aromatic N) is 2.